The Hall–Kier alpha value is -6.95. The molecule has 59 heavy (non-hydrogen) atoms. The molecule has 284 valence electrons. The topological polar surface area (TPSA) is 50.2 Å². The van der Waals surface area contributed by atoms with E-state index in [0.717, 1.165) is 68.2 Å². The summed E-state index contributed by atoms with van der Waals surface area (Å²) in [5, 5.41) is 4.45. The molecule has 4 nitrogen and oxygen atoms in total. The molecule has 0 N–H and O–H groups in total. The van der Waals surface area contributed by atoms with Crippen molar-refractivity contribution in [3.8, 4) is 33.4 Å². The van der Waals surface area contributed by atoms with Gasteiger partial charge in [-0.3, -0.25) is 4.99 Å². The first-order valence-corrected chi connectivity index (χ1v) is 20.9. The summed E-state index contributed by atoms with van der Waals surface area (Å²) in [4.78, 5) is 14.9. The minimum absolute atomic E-state index is 0.456. The summed E-state index contributed by atoms with van der Waals surface area (Å²) in [7, 11) is 0. The molecule has 2 aromatic heterocycles. The summed E-state index contributed by atoms with van der Waals surface area (Å²) in [6.07, 6.45) is 8.35. The average molecular weight is 780 g/mol. The second-order valence-corrected chi connectivity index (χ2v) is 16.2. The molecule has 0 bridgehead atoms. The summed E-state index contributed by atoms with van der Waals surface area (Å²) >= 11 is 1.83. The maximum atomic E-state index is 7.07. The first kappa shape index (κ1) is 36.4. The quantitative estimate of drug-likeness (QED) is 0.117. The molecule has 7 aromatic carbocycles. The number of aliphatic imine (C=N–C) groups is 3. The third-order valence-corrected chi connectivity index (χ3v) is 12.5. The first-order chi connectivity index (χ1) is 29.1. The van der Waals surface area contributed by atoms with Gasteiger partial charge in [0.1, 0.15) is 11.2 Å². The minimum Gasteiger partial charge on any atom is -0.455 e. The van der Waals surface area contributed by atoms with Gasteiger partial charge in [0.2, 0.25) is 0 Å². The lowest BCUT2D eigenvalue weighted by molar-refractivity contribution is 0.670. The standard InChI is InChI=1S/C54H41N3OS/c1-34-17-10-11-23-39(34)49-35(2)18-14-25-40(49)38-31-44(41-26-16-30-48-51(41)42-24-12-13-29-47(42)59-48)52-45(32-38)50-43(27-15-28-46(50)58-52)54(56-33-36-19-6-4-7-20-36)57-53(55-3)37-21-8-5-9-22-37/h4,6-8,10-32H,3,5,9,33H2,1-2H3. The van der Waals surface area contributed by atoms with Gasteiger partial charge in [0.05, 0.1) is 6.54 Å². The molecule has 0 saturated carbocycles. The molecule has 1 aliphatic rings. The lowest BCUT2D eigenvalue weighted by Crippen LogP contribution is -2.07. The number of hydrogen-bond donors (Lipinski definition) is 0. The summed E-state index contributed by atoms with van der Waals surface area (Å²) in [6.45, 7) is 8.82. The van der Waals surface area contributed by atoms with Crippen molar-refractivity contribution in [1.29, 1.82) is 0 Å². The molecule has 5 heteroatoms. The van der Waals surface area contributed by atoms with Gasteiger partial charge in [0.25, 0.3) is 0 Å². The van der Waals surface area contributed by atoms with Crippen molar-refractivity contribution in [1.82, 2.24) is 0 Å². The zero-order valence-electron chi connectivity index (χ0n) is 33.1. The van der Waals surface area contributed by atoms with Gasteiger partial charge >= 0.3 is 0 Å². The predicted octanol–water partition coefficient (Wildman–Crippen LogP) is 14.9. The molecule has 2 heterocycles. The zero-order chi connectivity index (χ0) is 39.9. The lowest BCUT2D eigenvalue weighted by Gasteiger charge is -2.17. The fourth-order valence-electron chi connectivity index (χ4n) is 8.59. The van der Waals surface area contributed by atoms with Gasteiger partial charge in [-0.1, -0.05) is 133 Å². The smallest absolute Gasteiger partial charge is 0.160 e. The van der Waals surface area contributed by atoms with Gasteiger partial charge in [-0.25, -0.2) is 9.98 Å². The highest BCUT2D eigenvalue weighted by Gasteiger charge is 2.23. The Morgan fingerprint density at radius 2 is 1.39 bits per heavy atom. The number of aryl methyl sites for hydroxylation is 2. The molecule has 0 atom stereocenters. The van der Waals surface area contributed by atoms with E-state index < -0.39 is 0 Å². The van der Waals surface area contributed by atoms with Gasteiger partial charge in [0.15, 0.2) is 11.7 Å². The molecule has 0 amide bonds. The largest absolute Gasteiger partial charge is 0.455 e. The van der Waals surface area contributed by atoms with Crippen LogP contribution in [0.1, 0.15) is 35.1 Å². The van der Waals surface area contributed by atoms with Crippen LogP contribution in [0.15, 0.2) is 189 Å². The minimum atomic E-state index is 0.456. The third-order valence-electron chi connectivity index (χ3n) is 11.4. The molecule has 9 aromatic rings. The van der Waals surface area contributed by atoms with Crippen molar-refractivity contribution in [3.63, 3.8) is 0 Å². The van der Waals surface area contributed by atoms with Crippen LogP contribution in [0.4, 0.5) is 0 Å². The fourth-order valence-corrected chi connectivity index (χ4v) is 9.72. The number of furan rings is 1. The number of hydrogen-bond acceptors (Lipinski definition) is 3. The fraction of sp³-hybridized carbons (Fsp3) is 0.0926. The molecule has 0 fully saturated rings. The second-order valence-electron chi connectivity index (χ2n) is 15.1. The third kappa shape index (κ3) is 6.64. The van der Waals surface area contributed by atoms with Crippen LogP contribution >= 0.6 is 11.3 Å². The van der Waals surface area contributed by atoms with Gasteiger partial charge in [-0.2, -0.15) is 0 Å². The predicted molar refractivity (Wildman–Crippen MR) is 253 cm³/mol. The van der Waals surface area contributed by atoms with Crippen LogP contribution in [-0.4, -0.2) is 18.4 Å². The summed E-state index contributed by atoms with van der Waals surface area (Å²) in [5.41, 5.74) is 13.9. The number of rotatable bonds is 7. The van der Waals surface area contributed by atoms with Crippen LogP contribution in [0, 0.1) is 13.8 Å². The van der Waals surface area contributed by atoms with Crippen molar-refractivity contribution in [2.45, 2.75) is 33.2 Å². The maximum absolute atomic E-state index is 7.07. The van der Waals surface area contributed by atoms with Crippen molar-refractivity contribution >= 4 is 71.8 Å². The number of nitrogens with zero attached hydrogens (tertiary/aromatic N) is 3. The Balaban J connectivity index is 1.30. The van der Waals surface area contributed by atoms with Gasteiger partial charge in [-0.05, 0) is 108 Å². The monoisotopic (exact) mass is 779 g/mol. The van der Waals surface area contributed by atoms with E-state index in [2.05, 4.69) is 165 Å². The number of allylic oxidation sites excluding steroid dienone is 2. The second kappa shape index (κ2) is 15.4. The van der Waals surface area contributed by atoms with Crippen molar-refractivity contribution in [2.24, 2.45) is 15.0 Å². The molecular formula is C54H41N3OS. The van der Waals surface area contributed by atoms with Crippen molar-refractivity contribution in [2.75, 3.05) is 0 Å². The van der Waals surface area contributed by atoms with Crippen molar-refractivity contribution < 1.29 is 4.42 Å². The van der Waals surface area contributed by atoms with E-state index in [4.69, 9.17) is 14.4 Å². The Kier molecular flexibility index (Phi) is 9.52. The highest BCUT2D eigenvalue weighted by Crippen LogP contribution is 2.47. The van der Waals surface area contributed by atoms with Crippen LogP contribution in [0.5, 0.6) is 0 Å². The Morgan fingerprint density at radius 3 is 2.24 bits per heavy atom. The molecule has 0 saturated heterocycles. The van der Waals surface area contributed by atoms with E-state index in [-0.39, 0.29) is 0 Å². The van der Waals surface area contributed by atoms with E-state index in [1.54, 1.807) is 0 Å². The molecule has 0 unspecified atom stereocenters. The van der Waals surface area contributed by atoms with Crippen LogP contribution < -0.4 is 0 Å². The number of amidine groups is 2. The first-order valence-electron chi connectivity index (χ1n) is 20.1. The van der Waals surface area contributed by atoms with E-state index in [1.165, 1.54) is 48.0 Å². The van der Waals surface area contributed by atoms with Crippen LogP contribution in [0.2, 0.25) is 0 Å². The normalized spacial score (nSPS) is 13.5. The molecule has 0 aliphatic heterocycles. The molecule has 0 radical (unpaired) electrons. The van der Waals surface area contributed by atoms with E-state index in [1.807, 2.05) is 35.6 Å². The molecule has 0 spiro atoms. The van der Waals surface area contributed by atoms with Crippen LogP contribution in [-0.2, 0) is 6.54 Å². The lowest BCUT2D eigenvalue weighted by atomic mass is 9.86. The molecule has 10 rings (SSSR count). The van der Waals surface area contributed by atoms with E-state index in [0.29, 0.717) is 18.2 Å². The molecule has 1 aliphatic carbocycles. The number of thiophene rings is 1. The highest BCUT2D eigenvalue weighted by molar-refractivity contribution is 7.25. The van der Waals surface area contributed by atoms with Crippen LogP contribution in [0.25, 0.3) is 75.5 Å². The SMILES string of the molecule is C=NC(=NC(=NCc1ccccc1)c1cccc2oc3c(-c4cccc5sc6ccccc6c45)cc(-c4cccc(C)c4-c4ccccc4C)cc3c12)C1=CCCC=C1. The number of fused-ring (bicyclic) bond motifs is 6. The van der Waals surface area contributed by atoms with Gasteiger partial charge < -0.3 is 4.42 Å². The maximum Gasteiger partial charge on any atom is 0.160 e. The Labute approximate surface area is 348 Å². The summed E-state index contributed by atoms with van der Waals surface area (Å²) in [6, 6.07) is 51.8. The van der Waals surface area contributed by atoms with E-state index in [9.17, 15) is 0 Å². The Morgan fingerprint density at radius 1 is 0.644 bits per heavy atom. The zero-order valence-corrected chi connectivity index (χ0v) is 33.9. The number of benzene rings is 7. The van der Waals surface area contributed by atoms with E-state index >= 15 is 0 Å². The summed E-state index contributed by atoms with van der Waals surface area (Å²) in [5.74, 6) is 1.14. The highest BCUT2D eigenvalue weighted by atomic mass is 32.1. The van der Waals surface area contributed by atoms with Gasteiger partial charge in [0, 0.05) is 47.6 Å². The molecular weight excluding hydrogens is 739 g/mol. The van der Waals surface area contributed by atoms with Crippen molar-refractivity contribution in [3.05, 3.63) is 192 Å². The average Bonchev–Trinajstić information content (AvgIpc) is 3.86. The van der Waals surface area contributed by atoms with Gasteiger partial charge in [-0.15, -0.1) is 11.3 Å². The Bertz CT molecular complexity index is 3230. The van der Waals surface area contributed by atoms with Crippen LogP contribution in [0.3, 0.4) is 0 Å². The summed E-state index contributed by atoms with van der Waals surface area (Å²) < 4.78 is 9.58.